The zero-order valence-corrected chi connectivity index (χ0v) is 10.2. The molecule has 0 aliphatic carbocycles. The number of ether oxygens (including phenoxy) is 1. The molecular formula is C11H21NO6. The lowest BCUT2D eigenvalue weighted by atomic mass is 10.1. The Morgan fingerprint density at radius 3 is 2.28 bits per heavy atom. The summed E-state index contributed by atoms with van der Waals surface area (Å²) in [5.41, 5.74) is 5.32. The monoisotopic (exact) mass is 263 g/mol. The van der Waals surface area contributed by atoms with E-state index in [1.165, 1.54) is 0 Å². The van der Waals surface area contributed by atoms with Gasteiger partial charge >= 0.3 is 11.9 Å². The number of rotatable bonds is 10. The van der Waals surface area contributed by atoms with E-state index >= 15 is 0 Å². The second-order valence-corrected chi connectivity index (χ2v) is 4.04. The molecule has 0 bridgehead atoms. The summed E-state index contributed by atoms with van der Waals surface area (Å²) in [6.45, 7) is 0.0484. The SMILES string of the molecule is N[C@@H](CCOC(=O)CCCCCC(=O)O)C(O)O. The summed E-state index contributed by atoms with van der Waals surface area (Å²) in [7, 11) is 0. The van der Waals surface area contributed by atoms with Gasteiger partial charge in [-0.25, -0.2) is 0 Å². The fraction of sp³-hybridized carbons (Fsp3) is 0.818. The van der Waals surface area contributed by atoms with Crippen LogP contribution >= 0.6 is 0 Å². The van der Waals surface area contributed by atoms with Crippen LogP contribution in [0.25, 0.3) is 0 Å². The molecule has 0 saturated carbocycles. The average Bonchev–Trinajstić information content (AvgIpc) is 2.27. The highest BCUT2D eigenvalue weighted by Gasteiger charge is 2.11. The Morgan fingerprint density at radius 2 is 1.72 bits per heavy atom. The Hall–Kier alpha value is -1.18. The summed E-state index contributed by atoms with van der Waals surface area (Å²) in [6.07, 6.45) is 0.707. The van der Waals surface area contributed by atoms with Crippen LogP contribution in [0.2, 0.25) is 0 Å². The third-order valence-corrected chi connectivity index (χ3v) is 2.37. The number of unbranched alkanes of at least 4 members (excludes halogenated alkanes) is 2. The van der Waals surface area contributed by atoms with Gasteiger partial charge in [0.15, 0.2) is 6.29 Å². The van der Waals surface area contributed by atoms with E-state index in [4.69, 9.17) is 25.8 Å². The van der Waals surface area contributed by atoms with Crippen molar-refractivity contribution in [2.45, 2.75) is 50.9 Å². The Balaban J connectivity index is 3.40. The van der Waals surface area contributed by atoms with E-state index in [0.717, 1.165) is 0 Å². The van der Waals surface area contributed by atoms with Crippen molar-refractivity contribution in [1.82, 2.24) is 0 Å². The molecule has 0 fully saturated rings. The summed E-state index contributed by atoms with van der Waals surface area (Å²) in [6, 6.07) is -0.826. The highest BCUT2D eigenvalue weighted by atomic mass is 16.5. The fourth-order valence-electron chi connectivity index (χ4n) is 1.25. The number of carbonyl (C=O) groups excluding carboxylic acids is 1. The van der Waals surface area contributed by atoms with E-state index in [-0.39, 0.29) is 31.8 Å². The average molecular weight is 263 g/mol. The largest absolute Gasteiger partial charge is 0.481 e. The van der Waals surface area contributed by atoms with Crippen molar-refractivity contribution in [3.8, 4) is 0 Å². The van der Waals surface area contributed by atoms with Crippen molar-refractivity contribution in [3.63, 3.8) is 0 Å². The molecule has 0 aromatic carbocycles. The van der Waals surface area contributed by atoms with Crippen LogP contribution in [0.3, 0.4) is 0 Å². The van der Waals surface area contributed by atoms with Gasteiger partial charge in [-0.2, -0.15) is 0 Å². The van der Waals surface area contributed by atoms with Crippen LogP contribution in [-0.4, -0.2) is 46.2 Å². The molecule has 7 nitrogen and oxygen atoms in total. The predicted octanol–water partition coefficient (Wildman–Crippen LogP) is -0.407. The van der Waals surface area contributed by atoms with Crippen LogP contribution in [0.4, 0.5) is 0 Å². The number of esters is 1. The van der Waals surface area contributed by atoms with E-state index < -0.39 is 18.3 Å². The molecule has 0 heterocycles. The van der Waals surface area contributed by atoms with Gasteiger partial charge in [0.1, 0.15) is 0 Å². The maximum absolute atomic E-state index is 11.2. The lowest BCUT2D eigenvalue weighted by Crippen LogP contribution is -2.35. The first-order chi connectivity index (χ1) is 8.43. The van der Waals surface area contributed by atoms with Crippen molar-refractivity contribution in [2.24, 2.45) is 5.73 Å². The van der Waals surface area contributed by atoms with Gasteiger partial charge in [0.05, 0.1) is 12.6 Å². The molecule has 0 saturated heterocycles. The van der Waals surface area contributed by atoms with Gasteiger partial charge in [-0.1, -0.05) is 6.42 Å². The smallest absolute Gasteiger partial charge is 0.305 e. The second-order valence-electron chi connectivity index (χ2n) is 4.04. The number of carbonyl (C=O) groups is 2. The second kappa shape index (κ2) is 9.81. The minimum Gasteiger partial charge on any atom is -0.481 e. The molecule has 1 atom stereocenters. The van der Waals surface area contributed by atoms with E-state index in [1.807, 2.05) is 0 Å². The molecule has 0 rings (SSSR count). The zero-order valence-electron chi connectivity index (χ0n) is 10.2. The minimum atomic E-state index is -1.61. The maximum Gasteiger partial charge on any atom is 0.305 e. The summed E-state index contributed by atoms with van der Waals surface area (Å²) in [5, 5.41) is 25.7. The van der Waals surface area contributed by atoms with Crippen LogP contribution < -0.4 is 5.73 Å². The molecule has 0 aromatic rings. The molecule has 0 aliphatic heterocycles. The first kappa shape index (κ1) is 16.8. The van der Waals surface area contributed by atoms with Crippen LogP contribution in [0.5, 0.6) is 0 Å². The Bertz CT molecular complexity index is 256. The number of hydrogen-bond donors (Lipinski definition) is 4. The maximum atomic E-state index is 11.2. The highest BCUT2D eigenvalue weighted by Crippen LogP contribution is 2.04. The van der Waals surface area contributed by atoms with Gasteiger partial charge in [0.25, 0.3) is 0 Å². The molecular weight excluding hydrogens is 242 g/mol. The van der Waals surface area contributed by atoms with E-state index in [9.17, 15) is 9.59 Å². The van der Waals surface area contributed by atoms with Gasteiger partial charge < -0.3 is 25.8 Å². The quantitative estimate of drug-likeness (QED) is 0.239. The van der Waals surface area contributed by atoms with E-state index in [2.05, 4.69) is 0 Å². The predicted molar refractivity (Wildman–Crippen MR) is 62.5 cm³/mol. The Morgan fingerprint density at radius 1 is 1.11 bits per heavy atom. The molecule has 0 aliphatic rings. The first-order valence-corrected chi connectivity index (χ1v) is 5.92. The van der Waals surface area contributed by atoms with E-state index in [0.29, 0.717) is 19.3 Å². The van der Waals surface area contributed by atoms with Gasteiger partial charge in [0.2, 0.25) is 0 Å². The Labute approximate surface area is 106 Å². The summed E-state index contributed by atoms with van der Waals surface area (Å²) >= 11 is 0. The number of aliphatic carboxylic acids is 1. The first-order valence-electron chi connectivity index (χ1n) is 5.92. The van der Waals surface area contributed by atoms with Crippen molar-refractivity contribution in [2.75, 3.05) is 6.61 Å². The standard InChI is InChI=1S/C11H21NO6/c12-8(11(16)17)6-7-18-10(15)5-3-1-2-4-9(13)14/h8,11,16-17H,1-7,12H2,(H,13,14)/t8-/m0/s1. The van der Waals surface area contributed by atoms with Crippen molar-refractivity contribution in [3.05, 3.63) is 0 Å². The highest BCUT2D eigenvalue weighted by molar-refractivity contribution is 5.69. The molecule has 0 aromatic heterocycles. The van der Waals surface area contributed by atoms with Crippen LogP contribution in [0.15, 0.2) is 0 Å². The number of carboxylic acids is 1. The summed E-state index contributed by atoms with van der Waals surface area (Å²) in [5.74, 6) is -1.22. The zero-order chi connectivity index (χ0) is 14.0. The van der Waals surface area contributed by atoms with Gasteiger partial charge in [-0.05, 0) is 12.8 Å². The van der Waals surface area contributed by atoms with Crippen LogP contribution in [0.1, 0.15) is 38.5 Å². The molecule has 106 valence electrons. The molecule has 0 spiro atoms. The minimum absolute atomic E-state index is 0.0484. The van der Waals surface area contributed by atoms with Gasteiger partial charge in [0, 0.05) is 19.3 Å². The van der Waals surface area contributed by atoms with Crippen LogP contribution in [-0.2, 0) is 14.3 Å². The Kier molecular flexibility index (Phi) is 9.17. The molecule has 0 radical (unpaired) electrons. The number of nitrogens with two attached hydrogens (primary N) is 1. The van der Waals surface area contributed by atoms with E-state index in [1.54, 1.807) is 0 Å². The van der Waals surface area contributed by atoms with Crippen molar-refractivity contribution in [1.29, 1.82) is 0 Å². The molecule has 5 N–H and O–H groups in total. The third-order valence-electron chi connectivity index (χ3n) is 2.37. The lowest BCUT2D eigenvalue weighted by Gasteiger charge is -2.13. The number of aliphatic hydroxyl groups excluding tert-OH is 1. The summed E-state index contributed by atoms with van der Waals surface area (Å²) < 4.78 is 4.83. The van der Waals surface area contributed by atoms with Gasteiger partial charge in [-0.3, -0.25) is 9.59 Å². The molecule has 0 unspecified atom stereocenters. The lowest BCUT2D eigenvalue weighted by molar-refractivity contribution is -0.144. The number of carboxylic acid groups (broad SMARTS) is 1. The van der Waals surface area contributed by atoms with Crippen LogP contribution in [0, 0.1) is 0 Å². The molecule has 0 amide bonds. The number of aliphatic hydroxyl groups is 2. The number of hydrogen-bond acceptors (Lipinski definition) is 6. The van der Waals surface area contributed by atoms with Crippen molar-refractivity contribution >= 4 is 11.9 Å². The molecule has 7 heteroatoms. The normalized spacial score (nSPS) is 12.4. The topological polar surface area (TPSA) is 130 Å². The third kappa shape index (κ3) is 10.0. The summed E-state index contributed by atoms with van der Waals surface area (Å²) in [4.78, 5) is 21.4. The van der Waals surface area contributed by atoms with Crippen molar-refractivity contribution < 1.29 is 29.6 Å². The fourth-order valence-corrected chi connectivity index (χ4v) is 1.25. The van der Waals surface area contributed by atoms with Gasteiger partial charge in [-0.15, -0.1) is 0 Å². The molecule has 18 heavy (non-hydrogen) atoms.